The lowest BCUT2D eigenvalue weighted by Gasteiger charge is -2.02. The van der Waals surface area contributed by atoms with E-state index >= 15 is 0 Å². The first kappa shape index (κ1) is 10.7. The fourth-order valence-electron chi connectivity index (χ4n) is 0.663. The van der Waals surface area contributed by atoms with E-state index in [0.29, 0.717) is 20.9 Å². The Morgan fingerprint density at radius 1 is 1.77 bits per heavy atom. The Balaban J connectivity index is 2.79. The zero-order valence-corrected chi connectivity index (χ0v) is 9.79. The molecule has 13 heavy (non-hydrogen) atoms. The van der Waals surface area contributed by atoms with Gasteiger partial charge in [0.05, 0.1) is 11.2 Å². The number of hydrogen-bond donors (Lipinski definition) is 0. The molecule has 3 nitrogen and oxygen atoms in total. The third-order valence-corrected chi connectivity index (χ3v) is 2.76. The number of rotatable bonds is 2. The van der Waals surface area contributed by atoms with E-state index in [1.165, 1.54) is 6.20 Å². The van der Waals surface area contributed by atoms with Crippen LogP contribution in [0.3, 0.4) is 0 Å². The molecule has 1 aromatic rings. The molecule has 0 unspecified atom stereocenters. The van der Waals surface area contributed by atoms with Gasteiger partial charge in [-0.2, -0.15) is 0 Å². The van der Waals surface area contributed by atoms with Crippen LogP contribution in [-0.4, -0.2) is 11.0 Å². The highest BCUT2D eigenvalue weighted by Gasteiger charge is 2.04. The molecule has 0 spiro atoms. The maximum absolute atomic E-state index is 10.9. The van der Waals surface area contributed by atoms with Crippen LogP contribution in [0.15, 0.2) is 12.3 Å². The van der Waals surface area contributed by atoms with Crippen molar-refractivity contribution in [2.75, 3.05) is 0 Å². The van der Waals surface area contributed by atoms with E-state index in [1.807, 2.05) is 22.6 Å². The molecule has 5 heteroatoms. The van der Waals surface area contributed by atoms with Crippen molar-refractivity contribution in [2.45, 2.75) is 13.3 Å². The van der Waals surface area contributed by atoms with Crippen LogP contribution in [0.4, 0.5) is 0 Å². The Labute approximate surface area is 94.6 Å². The molecule has 0 aliphatic heterocycles. The normalized spacial score (nSPS) is 9.77. The van der Waals surface area contributed by atoms with Crippen LogP contribution >= 0.6 is 34.2 Å². The summed E-state index contributed by atoms with van der Waals surface area (Å²) in [4.78, 5) is 14.8. The molecular weight excluding hydrogens is 304 g/mol. The molecule has 0 aliphatic carbocycles. The number of nitrogens with zero attached hydrogens (tertiary/aromatic N) is 1. The largest absolute Gasteiger partial charge is 0.425 e. The summed E-state index contributed by atoms with van der Waals surface area (Å²) in [5, 5.41) is 0.488. The van der Waals surface area contributed by atoms with Gasteiger partial charge in [-0.1, -0.05) is 18.5 Å². The first-order valence-electron chi connectivity index (χ1n) is 3.65. The highest BCUT2D eigenvalue weighted by Crippen LogP contribution is 2.21. The summed E-state index contributed by atoms with van der Waals surface area (Å²) in [6, 6.07) is 1.57. The number of carbonyl (C=O) groups excluding carboxylic acids is 1. The number of pyridine rings is 1. The summed E-state index contributed by atoms with van der Waals surface area (Å²) in [5.41, 5.74) is 0. The fraction of sp³-hybridized carbons (Fsp3) is 0.250. The molecule has 1 aromatic heterocycles. The van der Waals surface area contributed by atoms with Crippen LogP contribution in [0.25, 0.3) is 0 Å². The Morgan fingerprint density at radius 3 is 3.00 bits per heavy atom. The molecule has 0 bridgehead atoms. The minimum atomic E-state index is -0.293. The molecule has 0 aromatic carbocycles. The minimum Gasteiger partial charge on any atom is -0.425 e. The van der Waals surface area contributed by atoms with E-state index in [2.05, 4.69) is 4.98 Å². The quantitative estimate of drug-likeness (QED) is 0.479. The number of aromatic nitrogens is 1. The van der Waals surface area contributed by atoms with Crippen molar-refractivity contribution in [3.8, 4) is 5.75 Å². The van der Waals surface area contributed by atoms with Gasteiger partial charge in [-0.3, -0.25) is 4.79 Å². The molecule has 0 saturated carbocycles. The number of halogens is 2. The standard InChI is InChI=1S/C8H7ClINO2/c1-2-7(12)13-5-3-6(9)8(10)11-4-5/h3-4H,2H2,1H3. The van der Waals surface area contributed by atoms with Gasteiger partial charge in [0, 0.05) is 12.5 Å². The van der Waals surface area contributed by atoms with Crippen LogP contribution in [0.5, 0.6) is 5.75 Å². The van der Waals surface area contributed by atoms with E-state index in [1.54, 1.807) is 13.0 Å². The van der Waals surface area contributed by atoms with E-state index in [9.17, 15) is 4.79 Å². The van der Waals surface area contributed by atoms with Gasteiger partial charge in [-0.15, -0.1) is 0 Å². The van der Waals surface area contributed by atoms with Crippen molar-refractivity contribution >= 4 is 40.2 Å². The third-order valence-electron chi connectivity index (χ3n) is 1.29. The number of carbonyl (C=O) groups is 1. The summed E-state index contributed by atoms with van der Waals surface area (Å²) in [6.07, 6.45) is 1.81. The summed E-state index contributed by atoms with van der Waals surface area (Å²) >= 11 is 7.78. The van der Waals surface area contributed by atoms with Crippen molar-refractivity contribution < 1.29 is 9.53 Å². The minimum absolute atomic E-state index is 0.293. The van der Waals surface area contributed by atoms with Crippen LogP contribution in [0.1, 0.15) is 13.3 Å². The number of ether oxygens (including phenoxy) is 1. The van der Waals surface area contributed by atoms with E-state index in [0.717, 1.165) is 0 Å². The second kappa shape index (κ2) is 4.76. The van der Waals surface area contributed by atoms with Crippen molar-refractivity contribution in [3.05, 3.63) is 21.0 Å². The first-order valence-corrected chi connectivity index (χ1v) is 5.11. The molecular formula is C8H7ClINO2. The van der Waals surface area contributed by atoms with Crippen LogP contribution in [0, 0.1) is 3.70 Å². The fourth-order valence-corrected chi connectivity index (χ4v) is 1.11. The maximum Gasteiger partial charge on any atom is 0.310 e. The van der Waals surface area contributed by atoms with Crippen LogP contribution < -0.4 is 4.74 Å². The summed E-state index contributed by atoms with van der Waals surface area (Å²) < 4.78 is 5.60. The lowest BCUT2D eigenvalue weighted by Crippen LogP contribution is -2.05. The van der Waals surface area contributed by atoms with Gasteiger partial charge in [0.25, 0.3) is 0 Å². The predicted octanol–water partition coefficient (Wildman–Crippen LogP) is 2.66. The zero-order chi connectivity index (χ0) is 9.84. The monoisotopic (exact) mass is 311 g/mol. The Hall–Kier alpha value is -0.360. The molecule has 1 heterocycles. The molecule has 0 radical (unpaired) electrons. The molecule has 70 valence electrons. The Bertz CT molecular complexity index is 330. The van der Waals surface area contributed by atoms with Gasteiger partial charge in [0.1, 0.15) is 3.70 Å². The average molecular weight is 312 g/mol. The Morgan fingerprint density at radius 2 is 2.46 bits per heavy atom. The molecule has 0 fully saturated rings. The predicted molar refractivity (Wildman–Crippen MR) is 57.9 cm³/mol. The van der Waals surface area contributed by atoms with Crippen molar-refractivity contribution in [3.63, 3.8) is 0 Å². The topological polar surface area (TPSA) is 39.2 Å². The van der Waals surface area contributed by atoms with Crippen molar-refractivity contribution in [1.29, 1.82) is 0 Å². The van der Waals surface area contributed by atoms with Gasteiger partial charge in [-0.05, 0) is 22.6 Å². The molecule has 0 saturated heterocycles. The van der Waals surface area contributed by atoms with Gasteiger partial charge in [0.15, 0.2) is 5.75 Å². The summed E-state index contributed by atoms with van der Waals surface area (Å²) in [5.74, 6) is 0.0938. The van der Waals surface area contributed by atoms with Gasteiger partial charge in [0.2, 0.25) is 0 Å². The highest BCUT2D eigenvalue weighted by molar-refractivity contribution is 14.1. The Kier molecular flexibility index (Phi) is 3.92. The molecule has 0 amide bonds. The van der Waals surface area contributed by atoms with E-state index in [4.69, 9.17) is 16.3 Å². The molecule has 1 rings (SSSR count). The number of esters is 1. The SMILES string of the molecule is CCC(=O)Oc1cnc(I)c(Cl)c1. The lowest BCUT2D eigenvalue weighted by atomic mass is 10.4. The van der Waals surface area contributed by atoms with E-state index < -0.39 is 0 Å². The lowest BCUT2D eigenvalue weighted by molar-refractivity contribution is -0.134. The average Bonchev–Trinajstić information content (AvgIpc) is 2.11. The third kappa shape index (κ3) is 3.11. The smallest absolute Gasteiger partial charge is 0.310 e. The second-order valence-corrected chi connectivity index (χ2v) is 3.70. The highest BCUT2D eigenvalue weighted by atomic mass is 127. The van der Waals surface area contributed by atoms with Crippen molar-refractivity contribution in [2.24, 2.45) is 0 Å². The molecule has 0 N–H and O–H groups in total. The number of hydrogen-bond acceptors (Lipinski definition) is 3. The van der Waals surface area contributed by atoms with E-state index in [-0.39, 0.29) is 5.97 Å². The van der Waals surface area contributed by atoms with Gasteiger partial charge >= 0.3 is 5.97 Å². The molecule has 0 aliphatic rings. The van der Waals surface area contributed by atoms with Gasteiger partial charge < -0.3 is 4.74 Å². The first-order chi connectivity index (χ1) is 6.13. The van der Waals surface area contributed by atoms with Gasteiger partial charge in [-0.25, -0.2) is 4.98 Å². The summed E-state index contributed by atoms with van der Waals surface area (Å²) in [6.45, 7) is 1.73. The second-order valence-electron chi connectivity index (χ2n) is 2.27. The van der Waals surface area contributed by atoms with Crippen LogP contribution in [0.2, 0.25) is 5.02 Å². The van der Waals surface area contributed by atoms with Crippen molar-refractivity contribution in [1.82, 2.24) is 4.98 Å². The molecule has 0 atom stereocenters. The van der Waals surface area contributed by atoms with Crippen LogP contribution in [-0.2, 0) is 4.79 Å². The summed E-state index contributed by atoms with van der Waals surface area (Å²) in [7, 11) is 0. The maximum atomic E-state index is 10.9. The zero-order valence-electron chi connectivity index (χ0n) is 6.88.